The molecule has 0 aliphatic carbocycles. The first kappa shape index (κ1) is 11.5. The minimum Gasteiger partial charge on any atom is -0.198 e. The molecule has 0 aromatic carbocycles. The molecule has 1 atom stereocenters. The molecule has 0 rings (SSSR count). The maximum absolute atomic E-state index is 8.80. The molecule has 0 saturated carbocycles. The van der Waals surface area contributed by atoms with Gasteiger partial charge in [0.2, 0.25) is 0 Å². The molecule has 70 valence electrons. The van der Waals surface area contributed by atoms with Crippen molar-refractivity contribution in [2.24, 2.45) is 11.3 Å². The van der Waals surface area contributed by atoms with Gasteiger partial charge in [0.25, 0.3) is 0 Å². The smallest absolute Gasteiger partial charge is 0.0655 e. The van der Waals surface area contributed by atoms with Crippen molar-refractivity contribution in [3.8, 4) is 6.07 Å². The molecular formula is C11H21N. The van der Waals surface area contributed by atoms with E-state index in [1.807, 2.05) is 0 Å². The van der Waals surface area contributed by atoms with E-state index in [-0.39, 0.29) is 5.92 Å². The molecule has 12 heavy (non-hydrogen) atoms. The fourth-order valence-corrected chi connectivity index (χ4v) is 1.23. The van der Waals surface area contributed by atoms with Crippen molar-refractivity contribution in [1.29, 1.82) is 5.26 Å². The van der Waals surface area contributed by atoms with Gasteiger partial charge in [-0.1, -0.05) is 34.1 Å². The van der Waals surface area contributed by atoms with Crippen LogP contribution in [-0.4, -0.2) is 0 Å². The molecule has 0 aliphatic heterocycles. The molecule has 0 spiro atoms. The predicted molar refractivity (Wildman–Crippen MR) is 52.7 cm³/mol. The summed E-state index contributed by atoms with van der Waals surface area (Å²) in [5, 5.41) is 8.80. The lowest BCUT2D eigenvalue weighted by Crippen LogP contribution is -2.08. The molecule has 1 unspecified atom stereocenters. The molecular weight excluding hydrogens is 146 g/mol. The Labute approximate surface area is 76.8 Å². The SMILES string of the molecule is CCCC(C#N)CCC(C)(C)C. The van der Waals surface area contributed by atoms with Crippen LogP contribution in [0.15, 0.2) is 0 Å². The molecule has 0 bridgehead atoms. The fraction of sp³-hybridized carbons (Fsp3) is 0.909. The summed E-state index contributed by atoms with van der Waals surface area (Å²) in [4.78, 5) is 0. The van der Waals surface area contributed by atoms with Crippen molar-refractivity contribution >= 4 is 0 Å². The highest BCUT2D eigenvalue weighted by molar-refractivity contribution is 4.83. The second kappa shape index (κ2) is 5.19. The molecule has 1 nitrogen and oxygen atoms in total. The van der Waals surface area contributed by atoms with Gasteiger partial charge in [0, 0.05) is 5.92 Å². The summed E-state index contributed by atoms with van der Waals surface area (Å²) >= 11 is 0. The van der Waals surface area contributed by atoms with Crippen molar-refractivity contribution in [3.05, 3.63) is 0 Å². The van der Waals surface area contributed by atoms with Crippen molar-refractivity contribution in [2.45, 2.75) is 53.4 Å². The van der Waals surface area contributed by atoms with E-state index in [2.05, 4.69) is 33.8 Å². The van der Waals surface area contributed by atoms with Crippen LogP contribution in [0.2, 0.25) is 0 Å². The predicted octanol–water partition coefficient (Wildman–Crippen LogP) is 3.75. The van der Waals surface area contributed by atoms with E-state index in [0.29, 0.717) is 5.41 Å². The van der Waals surface area contributed by atoms with Crippen molar-refractivity contribution in [2.75, 3.05) is 0 Å². The number of hydrogen-bond donors (Lipinski definition) is 0. The van der Waals surface area contributed by atoms with Crippen LogP contribution in [0.25, 0.3) is 0 Å². The maximum Gasteiger partial charge on any atom is 0.0655 e. The second-order valence-corrected chi connectivity index (χ2v) is 4.71. The molecule has 0 aliphatic rings. The van der Waals surface area contributed by atoms with Gasteiger partial charge in [-0.05, 0) is 24.7 Å². The molecule has 0 aromatic rings. The summed E-state index contributed by atoms with van der Waals surface area (Å²) in [6.07, 6.45) is 4.41. The molecule has 0 aromatic heterocycles. The Morgan fingerprint density at radius 2 is 1.83 bits per heavy atom. The first-order chi connectivity index (χ1) is 5.49. The third-order valence-corrected chi connectivity index (χ3v) is 2.06. The van der Waals surface area contributed by atoms with Crippen LogP contribution >= 0.6 is 0 Å². The largest absolute Gasteiger partial charge is 0.198 e. The zero-order valence-corrected chi connectivity index (χ0v) is 8.85. The Hall–Kier alpha value is -0.510. The highest BCUT2D eigenvalue weighted by Crippen LogP contribution is 2.24. The van der Waals surface area contributed by atoms with Gasteiger partial charge in [-0.15, -0.1) is 0 Å². The number of rotatable bonds is 4. The third-order valence-electron chi connectivity index (χ3n) is 2.06. The maximum atomic E-state index is 8.80. The molecule has 0 heterocycles. The minimum atomic E-state index is 0.286. The van der Waals surface area contributed by atoms with Gasteiger partial charge in [-0.25, -0.2) is 0 Å². The van der Waals surface area contributed by atoms with Gasteiger partial charge in [0.1, 0.15) is 0 Å². The van der Waals surface area contributed by atoms with Crippen molar-refractivity contribution in [1.82, 2.24) is 0 Å². The number of hydrogen-bond acceptors (Lipinski definition) is 1. The summed E-state index contributed by atoms with van der Waals surface area (Å²) in [7, 11) is 0. The summed E-state index contributed by atoms with van der Waals surface area (Å²) in [5.74, 6) is 0.286. The van der Waals surface area contributed by atoms with Crippen LogP contribution in [0.1, 0.15) is 53.4 Å². The standard InChI is InChI=1S/C11H21N/c1-5-6-10(9-12)7-8-11(2,3)4/h10H,5-8H2,1-4H3. The first-order valence-electron chi connectivity index (χ1n) is 4.89. The Bertz CT molecular complexity index is 147. The molecule has 0 saturated heterocycles. The zero-order valence-electron chi connectivity index (χ0n) is 8.85. The van der Waals surface area contributed by atoms with Gasteiger partial charge < -0.3 is 0 Å². The van der Waals surface area contributed by atoms with Gasteiger partial charge in [-0.3, -0.25) is 0 Å². The summed E-state index contributed by atoms with van der Waals surface area (Å²) in [6.45, 7) is 8.83. The van der Waals surface area contributed by atoms with E-state index >= 15 is 0 Å². The monoisotopic (exact) mass is 167 g/mol. The van der Waals surface area contributed by atoms with Crippen LogP contribution in [-0.2, 0) is 0 Å². The normalized spacial score (nSPS) is 13.9. The summed E-state index contributed by atoms with van der Waals surface area (Å²) < 4.78 is 0. The summed E-state index contributed by atoms with van der Waals surface area (Å²) in [6, 6.07) is 2.38. The molecule has 0 fully saturated rings. The fourth-order valence-electron chi connectivity index (χ4n) is 1.23. The zero-order chi connectivity index (χ0) is 9.61. The highest BCUT2D eigenvalue weighted by Gasteiger charge is 2.13. The van der Waals surface area contributed by atoms with Gasteiger partial charge >= 0.3 is 0 Å². The van der Waals surface area contributed by atoms with E-state index in [4.69, 9.17) is 5.26 Å². The molecule has 0 radical (unpaired) electrons. The minimum absolute atomic E-state index is 0.286. The van der Waals surface area contributed by atoms with Gasteiger partial charge in [0.15, 0.2) is 0 Å². The van der Waals surface area contributed by atoms with Gasteiger partial charge in [0.05, 0.1) is 6.07 Å². The van der Waals surface area contributed by atoms with E-state index < -0.39 is 0 Å². The van der Waals surface area contributed by atoms with Crippen LogP contribution in [0.3, 0.4) is 0 Å². The average molecular weight is 167 g/mol. The average Bonchev–Trinajstić information content (AvgIpc) is 1.96. The quantitative estimate of drug-likeness (QED) is 0.625. The Morgan fingerprint density at radius 1 is 1.25 bits per heavy atom. The van der Waals surface area contributed by atoms with Crippen molar-refractivity contribution < 1.29 is 0 Å². The lowest BCUT2D eigenvalue weighted by Gasteiger charge is -2.19. The van der Waals surface area contributed by atoms with Crippen LogP contribution in [0, 0.1) is 22.7 Å². The van der Waals surface area contributed by atoms with Crippen molar-refractivity contribution in [3.63, 3.8) is 0 Å². The first-order valence-corrected chi connectivity index (χ1v) is 4.89. The number of nitrogens with zero attached hydrogens (tertiary/aromatic N) is 1. The Kier molecular flexibility index (Phi) is 4.97. The second-order valence-electron chi connectivity index (χ2n) is 4.71. The van der Waals surface area contributed by atoms with E-state index in [9.17, 15) is 0 Å². The lowest BCUT2D eigenvalue weighted by atomic mass is 9.86. The Morgan fingerprint density at radius 3 is 2.17 bits per heavy atom. The lowest BCUT2D eigenvalue weighted by molar-refractivity contribution is 0.337. The summed E-state index contributed by atoms with van der Waals surface area (Å²) in [5.41, 5.74) is 0.378. The third kappa shape index (κ3) is 6.22. The van der Waals surface area contributed by atoms with Gasteiger partial charge in [-0.2, -0.15) is 5.26 Å². The molecule has 1 heteroatoms. The Balaban J connectivity index is 3.67. The van der Waals surface area contributed by atoms with Crippen LogP contribution in [0.5, 0.6) is 0 Å². The topological polar surface area (TPSA) is 23.8 Å². The number of nitriles is 1. The van der Waals surface area contributed by atoms with Crippen LogP contribution in [0.4, 0.5) is 0 Å². The van der Waals surface area contributed by atoms with E-state index in [1.165, 1.54) is 0 Å². The van der Waals surface area contributed by atoms with Crippen LogP contribution < -0.4 is 0 Å². The highest BCUT2D eigenvalue weighted by atomic mass is 14.3. The van der Waals surface area contributed by atoms with E-state index in [0.717, 1.165) is 25.7 Å². The molecule has 0 amide bonds. The molecule has 0 N–H and O–H groups in total. The van der Waals surface area contributed by atoms with E-state index in [1.54, 1.807) is 0 Å².